The average Bonchev–Trinajstić information content (AvgIpc) is 3.63. The number of piperidine rings is 1. The second-order valence-electron chi connectivity index (χ2n) is 11.5. The number of methoxy groups -OCH3 is 1. The van der Waals surface area contributed by atoms with E-state index in [0.29, 0.717) is 70.2 Å². The molecule has 3 fully saturated rings. The fraction of sp³-hybridized carbons (Fsp3) is 0.394. The van der Waals surface area contributed by atoms with Crippen LogP contribution < -0.4 is 9.47 Å². The van der Waals surface area contributed by atoms with Gasteiger partial charge in [-0.05, 0) is 60.9 Å². The number of fused-ring (bicyclic) bond motifs is 3. The highest BCUT2D eigenvalue weighted by molar-refractivity contribution is 5.96. The molecule has 9 nitrogen and oxygen atoms in total. The minimum atomic E-state index is -0.00458. The number of furan rings is 1. The number of hydrogen-bond acceptors (Lipinski definition) is 8. The molecule has 3 aromatic heterocycles. The van der Waals surface area contributed by atoms with Crippen LogP contribution in [-0.2, 0) is 4.74 Å². The maximum absolute atomic E-state index is 13.3. The third-order valence-corrected chi connectivity index (χ3v) is 8.73. The summed E-state index contributed by atoms with van der Waals surface area (Å²) in [6.07, 6.45) is 8.63. The number of nitrogens with zero attached hydrogens (tertiary/aromatic N) is 4. The number of pyridine rings is 2. The lowest BCUT2D eigenvalue weighted by Gasteiger charge is -2.31. The summed E-state index contributed by atoms with van der Waals surface area (Å²) in [6, 6.07) is 13.3. The van der Waals surface area contributed by atoms with Gasteiger partial charge in [-0.1, -0.05) is 6.07 Å². The third-order valence-electron chi connectivity index (χ3n) is 8.73. The molecule has 0 N–H and O–H groups in total. The number of hydrogen-bond donors (Lipinski definition) is 0. The minimum absolute atomic E-state index is 0.00458. The van der Waals surface area contributed by atoms with Gasteiger partial charge in [0, 0.05) is 50.0 Å². The van der Waals surface area contributed by atoms with Crippen molar-refractivity contribution in [3.8, 4) is 40.1 Å². The summed E-state index contributed by atoms with van der Waals surface area (Å²) in [5.74, 6) is 2.73. The second-order valence-corrected chi connectivity index (χ2v) is 11.5. The van der Waals surface area contributed by atoms with Crippen LogP contribution in [-0.4, -0.2) is 60.3 Å². The van der Waals surface area contributed by atoms with Gasteiger partial charge in [0.25, 0.3) is 5.91 Å². The molecular weight excluding hydrogens is 532 g/mol. The molecule has 9 heteroatoms. The molecule has 2 atom stereocenters. The molecule has 1 aliphatic carbocycles. The molecule has 2 saturated heterocycles. The van der Waals surface area contributed by atoms with E-state index in [1.165, 1.54) is 19.3 Å². The Kier molecular flexibility index (Phi) is 7.00. The largest absolute Gasteiger partial charge is 0.494 e. The van der Waals surface area contributed by atoms with Crippen LogP contribution in [0.3, 0.4) is 0 Å². The van der Waals surface area contributed by atoms with Crippen molar-refractivity contribution in [1.82, 2.24) is 14.9 Å². The van der Waals surface area contributed by atoms with Crippen molar-refractivity contribution in [2.45, 2.75) is 38.2 Å². The standard InChI is InChI=1S/C33H32N4O5/c1-39-29-14-24(33(38)37-18-20-2-3-21(12-20)19-37)17-36-31(29)30-15-27-32(42-30)26(6-9-35-27)22-4-5-28(23(13-22)16-34)41-25-7-10-40-11-8-25/h4-6,9,13-15,17,20-21,25H,2-3,7-8,10-12,18-19H2,1H3. The number of aromatic nitrogens is 2. The average molecular weight is 565 g/mol. The molecule has 0 radical (unpaired) electrons. The Morgan fingerprint density at radius 2 is 1.83 bits per heavy atom. The second kappa shape index (κ2) is 11.1. The molecule has 42 heavy (non-hydrogen) atoms. The number of rotatable bonds is 6. The quantitative estimate of drug-likeness (QED) is 0.286. The van der Waals surface area contributed by atoms with Gasteiger partial charge >= 0.3 is 0 Å². The molecule has 1 aromatic carbocycles. The summed E-state index contributed by atoms with van der Waals surface area (Å²) in [5, 5.41) is 9.88. The minimum Gasteiger partial charge on any atom is -0.494 e. The van der Waals surface area contributed by atoms with Crippen molar-refractivity contribution in [2.75, 3.05) is 33.4 Å². The van der Waals surface area contributed by atoms with Gasteiger partial charge in [-0.25, -0.2) is 4.98 Å². The highest BCUT2D eigenvalue weighted by Gasteiger charge is 2.35. The van der Waals surface area contributed by atoms with Gasteiger partial charge in [0.05, 0.1) is 31.5 Å². The Morgan fingerprint density at radius 1 is 1.02 bits per heavy atom. The van der Waals surface area contributed by atoms with Crippen LogP contribution in [0.5, 0.6) is 11.5 Å². The summed E-state index contributed by atoms with van der Waals surface area (Å²) in [4.78, 5) is 24.4. The fourth-order valence-corrected chi connectivity index (χ4v) is 6.60. The van der Waals surface area contributed by atoms with Crippen LogP contribution in [0.2, 0.25) is 0 Å². The van der Waals surface area contributed by atoms with Gasteiger partial charge in [0.15, 0.2) is 11.3 Å². The summed E-state index contributed by atoms with van der Waals surface area (Å²) >= 11 is 0. The van der Waals surface area contributed by atoms with Gasteiger partial charge in [-0.2, -0.15) is 5.26 Å². The van der Waals surface area contributed by atoms with Crippen molar-refractivity contribution >= 4 is 17.0 Å². The first kappa shape index (κ1) is 26.5. The summed E-state index contributed by atoms with van der Waals surface area (Å²) in [7, 11) is 1.57. The number of likely N-dealkylation sites (tertiary alicyclic amines) is 1. The molecule has 7 rings (SSSR count). The van der Waals surface area contributed by atoms with E-state index in [4.69, 9.17) is 18.6 Å². The molecule has 214 valence electrons. The molecule has 4 aromatic rings. The Hall–Kier alpha value is -4.42. The van der Waals surface area contributed by atoms with Crippen molar-refractivity contribution in [2.24, 2.45) is 11.8 Å². The van der Waals surface area contributed by atoms with E-state index in [-0.39, 0.29) is 12.0 Å². The summed E-state index contributed by atoms with van der Waals surface area (Å²) in [6.45, 7) is 2.96. The zero-order chi connectivity index (χ0) is 28.6. The molecule has 0 spiro atoms. The maximum atomic E-state index is 13.3. The Balaban J connectivity index is 1.18. The van der Waals surface area contributed by atoms with Crippen molar-refractivity contribution in [3.05, 3.63) is 59.9 Å². The molecule has 1 amide bonds. The van der Waals surface area contributed by atoms with E-state index < -0.39 is 0 Å². The summed E-state index contributed by atoms with van der Waals surface area (Å²) in [5.41, 5.74) is 4.30. The first-order valence-corrected chi connectivity index (χ1v) is 14.6. The van der Waals surface area contributed by atoms with Gasteiger partial charge in [-0.3, -0.25) is 9.78 Å². The lowest BCUT2D eigenvalue weighted by molar-refractivity contribution is 0.0254. The van der Waals surface area contributed by atoms with E-state index in [1.54, 1.807) is 25.6 Å². The molecule has 2 aliphatic heterocycles. The topological polar surface area (TPSA) is 111 Å². The van der Waals surface area contributed by atoms with Crippen LogP contribution in [0.4, 0.5) is 0 Å². The number of nitriles is 1. The predicted molar refractivity (Wildman–Crippen MR) is 155 cm³/mol. The molecule has 1 saturated carbocycles. The fourth-order valence-electron chi connectivity index (χ4n) is 6.60. The molecular formula is C33H32N4O5. The van der Waals surface area contributed by atoms with Crippen LogP contribution in [0.15, 0.2) is 53.2 Å². The van der Waals surface area contributed by atoms with Crippen LogP contribution in [0, 0.1) is 23.2 Å². The predicted octanol–water partition coefficient (Wildman–Crippen LogP) is 5.87. The van der Waals surface area contributed by atoms with Crippen LogP contribution in [0.25, 0.3) is 33.7 Å². The normalized spacial score (nSPS) is 20.4. The van der Waals surface area contributed by atoms with Crippen LogP contribution >= 0.6 is 0 Å². The monoisotopic (exact) mass is 564 g/mol. The zero-order valence-electron chi connectivity index (χ0n) is 23.5. The van der Waals surface area contributed by atoms with E-state index in [1.807, 2.05) is 35.2 Å². The first-order chi connectivity index (χ1) is 20.6. The van der Waals surface area contributed by atoms with Crippen molar-refractivity contribution in [3.63, 3.8) is 0 Å². The van der Waals surface area contributed by atoms with Crippen molar-refractivity contribution < 1.29 is 23.4 Å². The van der Waals surface area contributed by atoms with E-state index in [0.717, 1.165) is 37.1 Å². The summed E-state index contributed by atoms with van der Waals surface area (Å²) < 4.78 is 23.6. The van der Waals surface area contributed by atoms with Crippen LogP contribution in [0.1, 0.15) is 48.0 Å². The van der Waals surface area contributed by atoms with Gasteiger partial charge in [0.1, 0.15) is 34.9 Å². The van der Waals surface area contributed by atoms with Gasteiger partial charge < -0.3 is 23.5 Å². The molecule has 5 heterocycles. The van der Waals surface area contributed by atoms with E-state index in [2.05, 4.69) is 16.0 Å². The van der Waals surface area contributed by atoms with Crippen molar-refractivity contribution in [1.29, 1.82) is 5.26 Å². The Bertz CT molecular complexity index is 1670. The molecule has 2 bridgehead atoms. The highest BCUT2D eigenvalue weighted by atomic mass is 16.5. The molecule has 2 unspecified atom stereocenters. The number of carbonyl (C=O) groups is 1. The Labute approximate surface area is 244 Å². The maximum Gasteiger partial charge on any atom is 0.255 e. The first-order valence-electron chi connectivity index (χ1n) is 14.6. The Morgan fingerprint density at radius 3 is 2.60 bits per heavy atom. The van der Waals surface area contributed by atoms with E-state index in [9.17, 15) is 10.1 Å². The third kappa shape index (κ3) is 4.96. The lowest BCUT2D eigenvalue weighted by atomic mass is 9.98. The number of amides is 1. The number of carbonyl (C=O) groups excluding carboxylic acids is 1. The SMILES string of the molecule is COc1cc(C(=O)N2CC3CCC(C3)C2)cnc1-c1cc2nccc(-c3ccc(OC4CCOCC4)c(C#N)c3)c2o1. The smallest absolute Gasteiger partial charge is 0.255 e. The molecule has 3 aliphatic rings. The van der Waals surface area contributed by atoms with Gasteiger partial charge in [0.2, 0.25) is 0 Å². The lowest BCUT2D eigenvalue weighted by Crippen LogP contribution is -2.40. The number of ether oxygens (including phenoxy) is 3. The van der Waals surface area contributed by atoms with E-state index >= 15 is 0 Å². The number of benzene rings is 1. The highest BCUT2D eigenvalue weighted by Crippen LogP contribution is 2.39. The zero-order valence-corrected chi connectivity index (χ0v) is 23.5. The van der Waals surface area contributed by atoms with Gasteiger partial charge in [-0.15, -0.1) is 0 Å².